The van der Waals surface area contributed by atoms with Crippen LogP contribution in [0.2, 0.25) is 0 Å². The molecule has 0 aliphatic carbocycles. The Labute approximate surface area is 141 Å². The maximum Gasteiger partial charge on any atom is 0.219 e. The highest BCUT2D eigenvalue weighted by Gasteiger charge is 2.08. The van der Waals surface area contributed by atoms with Crippen molar-refractivity contribution in [3.63, 3.8) is 0 Å². The highest BCUT2D eigenvalue weighted by molar-refractivity contribution is 5.73. The minimum Gasteiger partial charge on any atom is -0.381 e. The minimum atomic E-state index is -0.341. The van der Waals surface area contributed by atoms with Gasteiger partial charge in [-0.1, -0.05) is 12.1 Å². The average molecular weight is 325 g/mol. The van der Waals surface area contributed by atoms with Gasteiger partial charge in [0, 0.05) is 37.8 Å². The van der Waals surface area contributed by atoms with Gasteiger partial charge in [0.2, 0.25) is 5.91 Å². The van der Waals surface area contributed by atoms with Crippen molar-refractivity contribution in [2.24, 2.45) is 0 Å². The van der Waals surface area contributed by atoms with Crippen LogP contribution in [0.25, 0.3) is 0 Å². The third-order valence-electron chi connectivity index (χ3n) is 3.79. The molecule has 0 spiro atoms. The molecular formula is C19H20FN3O. The zero-order valence-electron chi connectivity index (χ0n) is 13.8. The van der Waals surface area contributed by atoms with Gasteiger partial charge >= 0.3 is 0 Å². The van der Waals surface area contributed by atoms with Crippen molar-refractivity contribution in [3.8, 4) is 6.07 Å². The van der Waals surface area contributed by atoms with E-state index < -0.39 is 0 Å². The van der Waals surface area contributed by atoms with Gasteiger partial charge in [-0.15, -0.1) is 0 Å². The Morgan fingerprint density at radius 2 is 2.08 bits per heavy atom. The predicted molar refractivity (Wildman–Crippen MR) is 91.6 cm³/mol. The van der Waals surface area contributed by atoms with E-state index in [-0.39, 0.29) is 18.3 Å². The Kier molecular flexibility index (Phi) is 5.91. The van der Waals surface area contributed by atoms with E-state index in [0.717, 1.165) is 11.3 Å². The molecule has 0 aliphatic heterocycles. The lowest BCUT2D eigenvalue weighted by atomic mass is 10.1. The average Bonchev–Trinajstić information content (AvgIpc) is 2.59. The summed E-state index contributed by atoms with van der Waals surface area (Å²) in [6.07, 6.45) is 0. The maximum absolute atomic E-state index is 13.8. The van der Waals surface area contributed by atoms with E-state index in [0.29, 0.717) is 24.2 Å². The van der Waals surface area contributed by atoms with Crippen LogP contribution < -0.4 is 5.32 Å². The molecule has 0 heterocycles. The summed E-state index contributed by atoms with van der Waals surface area (Å²) in [6, 6.07) is 14.0. The number of hydrogen-bond donors (Lipinski definition) is 1. The summed E-state index contributed by atoms with van der Waals surface area (Å²) in [6.45, 7) is 4.97. The third-order valence-corrected chi connectivity index (χ3v) is 3.79. The number of halogens is 1. The van der Waals surface area contributed by atoms with Gasteiger partial charge in [0.05, 0.1) is 11.6 Å². The van der Waals surface area contributed by atoms with Crippen LogP contribution in [-0.2, 0) is 17.9 Å². The zero-order chi connectivity index (χ0) is 17.5. The fourth-order valence-corrected chi connectivity index (χ4v) is 2.42. The standard InChI is InChI=1S/C19H20FN3O/c1-3-23(14(2)24)13-16-5-4-6-18(10-16)22-12-17-9-15(11-21)7-8-19(17)20/h4-10,22H,3,12-13H2,1-2H3. The quantitative estimate of drug-likeness (QED) is 0.881. The number of carbonyl (C=O) groups is 1. The predicted octanol–water partition coefficient (Wildman–Crippen LogP) is 3.68. The Balaban J connectivity index is 2.07. The van der Waals surface area contributed by atoms with E-state index in [1.54, 1.807) is 17.9 Å². The Bertz CT molecular complexity index is 767. The molecule has 0 bridgehead atoms. The molecule has 2 aromatic carbocycles. The molecule has 1 amide bonds. The molecule has 4 nitrogen and oxygen atoms in total. The molecule has 2 rings (SSSR count). The maximum atomic E-state index is 13.8. The van der Waals surface area contributed by atoms with E-state index in [4.69, 9.17) is 5.26 Å². The number of nitrogens with zero attached hydrogens (tertiary/aromatic N) is 2. The number of rotatable bonds is 6. The molecule has 124 valence electrons. The first-order valence-electron chi connectivity index (χ1n) is 7.80. The van der Waals surface area contributed by atoms with Gasteiger partial charge in [-0.2, -0.15) is 5.26 Å². The van der Waals surface area contributed by atoms with E-state index in [1.165, 1.54) is 12.1 Å². The molecule has 1 N–H and O–H groups in total. The summed E-state index contributed by atoms with van der Waals surface area (Å²) in [4.78, 5) is 13.3. The zero-order valence-corrected chi connectivity index (χ0v) is 13.8. The summed E-state index contributed by atoms with van der Waals surface area (Å²) < 4.78 is 13.8. The van der Waals surface area contributed by atoms with Crippen LogP contribution in [0.15, 0.2) is 42.5 Å². The first-order chi connectivity index (χ1) is 11.5. The van der Waals surface area contributed by atoms with Crippen molar-refractivity contribution in [1.29, 1.82) is 5.26 Å². The lowest BCUT2D eigenvalue weighted by molar-refractivity contribution is -0.129. The second kappa shape index (κ2) is 8.11. The molecule has 0 saturated carbocycles. The Hall–Kier alpha value is -2.87. The van der Waals surface area contributed by atoms with E-state index in [2.05, 4.69) is 5.32 Å². The van der Waals surface area contributed by atoms with E-state index in [1.807, 2.05) is 37.3 Å². The van der Waals surface area contributed by atoms with Crippen molar-refractivity contribution in [3.05, 3.63) is 65.0 Å². The molecule has 0 aliphatic rings. The van der Waals surface area contributed by atoms with Crippen molar-refractivity contribution >= 4 is 11.6 Å². The molecule has 0 saturated heterocycles. The number of nitrogens with one attached hydrogen (secondary N) is 1. The fraction of sp³-hybridized carbons (Fsp3) is 0.263. The molecule has 0 atom stereocenters. The highest BCUT2D eigenvalue weighted by atomic mass is 19.1. The Morgan fingerprint density at radius 1 is 1.29 bits per heavy atom. The van der Waals surface area contributed by atoms with E-state index >= 15 is 0 Å². The number of nitriles is 1. The number of benzene rings is 2. The third kappa shape index (κ3) is 4.56. The van der Waals surface area contributed by atoms with Crippen LogP contribution in [-0.4, -0.2) is 17.4 Å². The SMILES string of the molecule is CCN(Cc1cccc(NCc2cc(C#N)ccc2F)c1)C(C)=O. The highest BCUT2D eigenvalue weighted by Crippen LogP contribution is 2.16. The monoisotopic (exact) mass is 325 g/mol. The molecule has 2 aromatic rings. The molecular weight excluding hydrogens is 305 g/mol. The molecule has 0 fully saturated rings. The first kappa shape index (κ1) is 17.5. The van der Waals surface area contributed by atoms with Gasteiger partial charge < -0.3 is 10.2 Å². The summed E-state index contributed by atoms with van der Waals surface area (Å²) >= 11 is 0. The number of carbonyl (C=O) groups excluding carboxylic acids is 1. The van der Waals surface area contributed by atoms with Gasteiger partial charge in [0.25, 0.3) is 0 Å². The van der Waals surface area contributed by atoms with Crippen molar-refractivity contribution in [2.75, 3.05) is 11.9 Å². The van der Waals surface area contributed by atoms with Crippen LogP contribution in [0.3, 0.4) is 0 Å². The van der Waals surface area contributed by atoms with Crippen molar-refractivity contribution in [2.45, 2.75) is 26.9 Å². The van der Waals surface area contributed by atoms with Gasteiger partial charge in [0.1, 0.15) is 5.82 Å². The minimum absolute atomic E-state index is 0.0336. The lowest BCUT2D eigenvalue weighted by Crippen LogP contribution is -2.27. The summed E-state index contributed by atoms with van der Waals surface area (Å²) in [5, 5.41) is 12.1. The first-order valence-corrected chi connectivity index (χ1v) is 7.80. The topological polar surface area (TPSA) is 56.1 Å². The largest absolute Gasteiger partial charge is 0.381 e. The van der Waals surface area contributed by atoms with Crippen molar-refractivity contribution in [1.82, 2.24) is 4.90 Å². The van der Waals surface area contributed by atoms with Crippen LogP contribution in [0, 0.1) is 17.1 Å². The smallest absolute Gasteiger partial charge is 0.219 e. The van der Waals surface area contributed by atoms with Gasteiger partial charge in [0.15, 0.2) is 0 Å². The summed E-state index contributed by atoms with van der Waals surface area (Å²) in [5.74, 6) is -0.308. The van der Waals surface area contributed by atoms with Gasteiger partial charge in [-0.05, 0) is 42.8 Å². The molecule has 0 radical (unpaired) electrons. The van der Waals surface area contributed by atoms with Crippen LogP contribution >= 0.6 is 0 Å². The molecule has 24 heavy (non-hydrogen) atoms. The van der Waals surface area contributed by atoms with Crippen LogP contribution in [0.1, 0.15) is 30.5 Å². The number of amides is 1. The molecule has 5 heteroatoms. The Morgan fingerprint density at radius 3 is 2.75 bits per heavy atom. The summed E-state index contributed by atoms with van der Waals surface area (Å²) in [5.41, 5.74) is 2.72. The second-order valence-corrected chi connectivity index (χ2v) is 5.51. The summed E-state index contributed by atoms with van der Waals surface area (Å²) in [7, 11) is 0. The van der Waals surface area contributed by atoms with Crippen LogP contribution in [0.5, 0.6) is 0 Å². The van der Waals surface area contributed by atoms with Crippen molar-refractivity contribution < 1.29 is 9.18 Å². The number of anilines is 1. The molecule has 0 aromatic heterocycles. The number of hydrogen-bond acceptors (Lipinski definition) is 3. The van der Waals surface area contributed by atoms with Crippen LogP contribution in [0.4, 0.5) is 10.1 Å². The normalized spacial score (nSPS) is 10.1. The van der Waals surface area contributed by atoms with Gasteiger partial charge in [-0.3, -0.25) is 4.79 Å². The fourth-order valence-electron chi connectivity index (χ4n) is 2.42. The van der Waals surface area contributed by atoms with E-state index in [9.17, 15) is 9.18 Å². The molecule has 0 unspecified atom stereocenters. The lowest BCUT2D eigenvalue weighted by Gasteiger charge is -2.19. The van der Waals surface area contributed by atoms with Gasteiger partial charge in [-0.25, -0.2) is 4.39 Å². The second-order valence-electron chi connectivity index (χ2n) is 5.51.